The molecule has 1 aromatic carbocycles. The topological polar surface area (TPSA) is 57.6 Å². The number of rotatable bonds is 3. The minimum Gasteiger partial charge on any atom is -0.480 e. The van der Waals surface area contributed by atoms with Gasteiger partial charge in [0.05, 0.1) is 12.3 Å². The standard InChI is InChI=1S/C12H11Cl2NO3S/c13-8-2-1-7(9(14)4-8)3-11(16)15-6-19-5-10(15)12(17)18/h1-2,4,10H,3,5-6H2,(H,17,18). The second-order valence-corrected chi connectivity index (χ2v) is 5.97. The maximum Gasteiger partial charge on any atom is 0.327 e. The molecule has 7 heteroatoms. The SMILES string of the molecule is O=C(O)C1CSCN1C(=O)Cc1ccc(Cl)cc1Cl. The van der Waals surface area contributed by atoms with E-state index < -0.39 is 12.0 Å². The fourth-order valence-electron chi connectivity index (χ4n) is 1.82. The number of thioether (sulfide) groups is 1. The van der Waals surface area contributed by atoms with Gasteiger partial charge in [-0.05, 0) is 17.7 Å². The van der Waals surface area contributed by atoms with E-state index in [1.54, 1.807) is 18.2 Å². The zero-order valence-electron chi connectivity index (χ0n) is 9.81. The summed E-state index contributed by atoms with van der Waals surface area (Å²) >= 11 is 13.2. The Morgan fingerprint density at radius 3 is 2.79 bits per heavy atom. The quantitative estimate of drug-likeness (QED) is 0.930. The van der Waals surface area contributed by atoms with E-state index in [0.717, 1.165) is 0 Å². The molecule has 1 saturated heterocycles. The largest absolute Gasteiger partial charge is 0.480 e. The summed E-state index contributed by atoms with van der Waals surface area (Å²) in [6.45, 7) is 0. The van der Waals surface area contributed by atoms with Crippen molar-refractivity contribution in [3.8, 4) is 0 Å². The zero-order chi connectivity index (χ0) is 14.0. The second-order valence-electron chi connectivity index (χ2n) is 4.13. The third-order valence-electron chi connectivity index (χ3n) is 2.84. The van der Waals surface area contributed by atoms with Gasteiger partial charge in [0.2, 0.25) is 5.91 Å². The van der Waals surface area contributed by atoms with Crippen LogP contribution < -0.4 is 0 Å². The Kier molecular flexibility index (Phi) is 4.60. The van der Waals surface area contributed by atoms with Gasteiger partial charge in [-0.3, -0.25) is 4.79 Å². The van der Waals surface area contributed by atoms with Gasteiger partial charge < -0.3 is 10.0 Å². The van der Waals surface area contributed by atoms with Crippen LogP contribution in [0.3, 0.4) is 0 Å². The highest BCUT2D eigenvalue weighted by Gasteiger charge is 2.34. The Balaban J connectivity index is 2.10. The molecule has 1 N–H and O–H groups in total. The lowest BCUT2D eigenvalue weighted by atomic mass is 10.1. The highest BCUT2D eigenvalue weighted by Crippen LogP contribution is 2.25. The van der Waals surface area contributed by atoms with E-state index in [9.17, 15) is 9.59 Å². The molecule has 0 radical (unpaired) electrons. The van der Waals surface area contributed by atoms with Crippen LogP contribution in [0, 0.1) is 0 Å². The number of halogens is 2. The lowest BCUT2D eigenvalue weighted by molar-refractivity contribution is -0.147. The van der Waals surface area contributed by atoms with Crippen LogP contribution in [0.25, 0.3) is 0 Å². The summed E-state index contributed by atoms with van der Waals surface area (Å²) in [5.74, 6) is -0.377. The van der Waals surface area contributed by atoms with E-state index >= 15 is 0 Å². The van der Waals surface area contributed by atoms with Crippen molar-refractivity contribution in [2.24, 2.45) is 0 Å². The van der Waals surface area contributed by atoms with Crippen LogP contribution in [0.2, 0.25) is 10.0 Å². The Labute approximate surface area is 124 Å². The molecular weight excluding hydrogens is 309 g/mol. The molecule has 2 rings (SSSR count). The fraction of sp³-hybridized carbons (Fsp3) is 0.333. The molecule has 1 amide bonds. The first-order valence-electron chi connectivity index (χ1n) is 5.53. The molecule has 1 atom stereocenters. The number of carbonyl (C=O) groups is 2. The summed E-state index contributed by atoms with van der Waals surface area (Å²) in [4.78, 5) is 24.5. The number of carbonyl (C=O) groups excluding carboxylic acids is 1. The Bertz CT molecular complexity index is 524. The van der Waals surface area contributed by atoms with Crippen LogP contribution in [-0.2, 0) is 16.0 Å². The maximum absolute atomic E-state index is 12.1. The average Bonchev–Trinajstić information content (AvgIpc) is 2.82. The van der Waals surface area contributed by atoms with E-state index in [1.807, 2.05) is 0 Å². The van der Waals surface area contributed by atoms with Crippen LogP contribution in [-0.4, -0.2) is 39.6 Å². The maximum atomic E-state index is 12.1. The van der Waals surface area contributed by atoms with Crippen molar-refractivity contribution in [2.45, 2.75) is 12.5 Å². The Hall–Kier alpha value is -0.910. The summed E-state index contributed by atoms with van der Waals surface area (Å²) in [6, 6.07) is 4.16. The molecule has 0 bridgehead atoms. The molecular formula is C12H11Cl2NO3S. The van der Waals surface area contributed by atoms with Crippen molar-refractivity contribution < 1.29 is 14.7 Å². The van der Waals surface area contributed by atoms with E-state index in [4.69, 9.17) is 28.3 Å². The van der Waals surface area contributed by atoms with E-state index in [-0.39, 0.29) is 12.3 Å². The first-order chi connectivity index (χ1) is 8.99. The average molecular weight is 320 g/mol. The number of carboxylic acid groups (broad SMARTS) is 1. The predicted molar refractivity (Wildman–Crippen MR) is 75.8 cm³/mol. The highest BCUT2D eigenvalue weighted by atomic mass is 35.5. The van der Waals surface area contributed by atoms with Gasteiger partial charge in [-0.15, -0.1) is 11.8 Å². The summed E-state index contributed by atoms with van der Waals surface area (Å²) in [5.41, 5.74) is 0.650. The van der Waals surface area contributed by atoms with Crippen LogP contribution >= 0.6 is 35.0 Å². The predicted octanol–water partition coefficient (Wildman–Crippen LogP) is 2.52. The monoisotopic (exact) mass is 319 g/mol. The van der Waals surface area contributed by atoms with Crippen molar-refractivity contribution in [3.63, 3.8) is 0 Å². The molecule has 0 aliphatic carbocycles. The van der Waals surface area contributed by atoms with Crippen LogP contribution in [0.5, 0.6) is 0 Å². The third-order valence-corrected chi connectivity index (χ3v) is 4.44. The first-order valence-corrected chi connectivity index (χ1v) is 7.44. The molecule has 1 heterocycles. The third kappa shape index (κ3) is 3.35. The number of carboxylic acids is 1. The molecule has 1 aliphatic heterocycles. The van der Waals surface area contributed by atoms with Crippen LogP contribution in [0.15, 0.2) is 18.2 Å². The van der Waals surface area contributed by atoms with Gasteiger partial charge in [-0.25, -0.2) is 4.79 Å². The number of benzene rings is 1. The van der Waals surface area contributed by atoms with Crippen molar-refractivity contribution in [1.82, 2.24) is 4.90 Å². The lowest BCUT2D eigenvalue weighted by Gasteiger charge is -2.20. The number of hydrogen-bond acceptors (Lipinski definition) is 3. The van der Waals surface area contributed by atoms with Crippen molar-refractivity contribution in [1.29, 1.82) is 0 Å². The van der Waals surface area contributed by atoms with Crippen LogP contribution in [0.1, 0.15) is 5.56 Å². The van der Waals surface area contributed by atoms with E-state index in [1.165, 1.54) is 16.7 Å². The summed E-state index contributed by atoms with van der Waals surface area (Å²) in [5, 5.41) is 9.96. The van der Waals surface area contributed by atoms with Gasteiger partial charge in [0, 0.05) is 15.8 Å². The smallest absolute Gasteiger partial charge is 0.327 e. The molecule has 1 fully saturated rings. The molecule has 0 saturated carbocycles. The summed E-state index contributed by atoms with van der Waals surface area (Å²) in [7, 11) is 0. The molecule has 1 unspecified atom stereocenters. The summed E-state index contributed by atoms with van der Waals surface area (Å²) < 4.78 is 0. The van der Waals surface area contributed by atoms with E-state index in [0.29, 0.717) is 27.2 Å². The number of nitrogens with zero attached hydrogens (tertiary/aromatic N) is 1. The van der Waals surface area contributed by atoms with Crippen molar-refractivity contribution in [2.75, 3.05) is 11.6 Å². The Morgan fingerprint density at radius 2 is 2.16 bits per heavy atom. The number of amides is 1. The molecule has 19 heavy (non-hydrogen) atoms. The van der Waals surface area contributed by atoms with Crippen LogP contribution in [0.4, 0.5) is 0 Å². The highest BCUT2D eigenvalue weighted by molar-refractivity contribution is 7.99. The van der Waals surface area contributed by atoms with Gasteiger partial charge in [0.1, 0.15) is 6.04 Å². The molecule has 102 valence electrons. The minimum atomic E-state index is -0.972. The second kappa shape index (κ2) is 6.03. The van der Waals surface area contributed by atoms with Crippen molar-refractivity contribution >= 4 is 46.8 Å². The minimum absolute atomic E-state index is 0.0837. The van der Waals surface area contributed by atoms with Gasteiger partial charge in [0.15, 0.2) is 0 Å². The molecule has 0 spiro atoms. The first kappa shape index (κ1) is 14.5. The van der Waals surface area contributed by atoms with Gasteiger partial charge in [0.25, 0.3) is 0 Å². The lowest BCUT2D eigenvalue weighted by Crippen LogP contribution is -2.42. The fourth-order valence-corrected chi connectivity index (χ4v) is 3.47. The molecule has 4 nitrogen and oxygen atoms in total. The molecule has 1 aromatic rings. The van der Waals surface area contributed by atoms with Gasteiger partial charge in [-0.1, -0.05) is 29.3 Å². The summed E-state index contributed by atoms with van der Waals surface area (Å²) in [6.07, 6.45) is 0.0837. The van der Waals surface area contributed by atoms with E-state index in [2.05, 4.69) is 0 Å². The number of hydrogen-bond donors (Lipinski definition) is 1. The van der Waals surface area contributed by atoms with Gasteiger partial charge in [-0.2, -0.15) is 0 Å². The van der Waals surface area contributed by atoms with Crippen molar-refractivity contribution in [3.05, 3.63) is 33.8 Å². The molecule has 1 aliphatic rings. The Morgan fingerprint density at radius 1 is 1.42 bits per heavy atom. The molecule has 0 aromatic heterocycles. The number of aliphatic carboxylic acids is 1. The zero-order valence-corrected chi connectivity index (χ0v) is 12.1. The normalized spacial score (nSPS) is 18.6. The van der Waals surface area contributed by atoms with Gasteiger partial charge >= 0.3 is 5.97 Å².